The molecule has 0 heterocycles. The molecule has 1 rings (SSSR count). The van der Waals surface area contributed by atoms with Crippen LogP contribution in [0, 0.1) is 0 Å². The molecule has 0 saturated heterocycles. The maximum atomic E-state index is 12.5. The fraction of sp³-hybridized carbons (Fsp3) is 0.462. The van der Waals surface area contributed by atoms with Gasteiger partial charge in [-0.15, -0.1) is 0 Å². The maximum absolute atomic E-state index is 12.5. The van der Waals surface area contributed by atoms with Crippen LogP contribution in [0.2, 0.25) is 0 Å². The van der Waals surface area contributed by atoms with Gasteiger partial charge in [0, 0.05) is 6.42 Å². The van der Waals surface area contributed by atoms with Gasteiger partial charge in [0.2, 0.25) is 5.60 Å². The monoisotopic (exact) mass is 260 g/mol. The first-order valence-corrected chi connectivity index (χ1v) is 5.55. The molecular formula is C13H15F3O2. The highest BCUT2D eigenvalue weighted by Crippen LogP contribution is 2.33. The zero-order valence-electron chi connectivity index (χ0n) is 10.3. The molecule has 0 N–H and O–H groups in total. The van der Waals surface area contributed by atoms with Crippen molar-refractivity contribution in [1.82, 2.24) is 0 Å². The molecule has 1 aromatic carbocycles. The Morgan fingerprint density at radius 1 is 1.17 bits per heavy atom. The van der Waals surface area contributed by atoms with Gasteiger partial charge in [0.05, 0.1) is 0 Å². The lowest BCUT2D eigenvalue weighted by atomic mass is 10.1. The number of benzene rings is 1. The number of esters is 1. The average Bonchev–Trinajstić information content (AvgIpc) is 2.26. The number of rotatable bonds is 4. The largest absolute Gasteiger partial charge is 0.450 e. The molecule has 0 radical (unpaired) electrons. The van der Waals surface area contributed by atoms with Crippen molar-refractivity contribution in [3.8, 4) is 0 Å². The van der Waals surface area contributed by atoms with Crippen LogP contribution in [0.4, 0.5) is 13.2 Å². The molecule has 18 heavy (non-hydrogen) atoms. The van der Waals surface area contributed by atoms with Crippen LogP contribution in [0.15, 0.2) is 30.3 Å². The van der Waals surface area contributed by atoms with E-state index in [2.05, 4.69) is 4.74 Å². The van der Waals surface area contributed by atoms with Gasteiger partial charge in [-0.2, -0.15) is 13.2 Å². The minimum atomic E-state index is -4.56. The molecule has 0 bridgehead atoms. The molecule has 0 atom stereocenters. The number of alkyl halides is 3. The lowest BCUT2D eigenvalue weighted by Gasteiger charge is -2.27. The van der Waals surface area contributed by atoms with Gasteiger partial charge in [-0.1, -0.05) is 30.3 Å². The summed E-state index contributed by atoms with van der Waals surface area (Å²) in [6.07, 6.45) is -4.26. The van der Waals surface area contributed by atoms with Gasteiger partial charge in [-0.25, -0.2) is 0 Å². The van der Waals surface area contributed by atoms with E-state index < -0.39 is 17.7 Å². The first-order chi connectivity index (χ1) is 8.22. The van der Waals surface area contributed by atoms with E-state index in [1.54, 1.807) is 12.1 Å². The molecule has 1 aromatic rings. The topological polar surface area (TPSA) is 26.3 Å². The van der Waals surface area contributed by atoms with Gasteiger partial charge in [0.25, 0.3) is 0 Å². The highest BCUT2D eigenvalue weighted by molar-refractivity contribution is 5.70. The molecular weight excluding hydrogens is 245 g/mol. The molecule has 0 aliphatic rings. The van der Waals surface area contributed by atoms with Crippen molar-refractivity contribution in [3.05, 3.63) is 35.9 Å². The van der Waals surface area contributed by atoms with Crippen molar-refractivity contribution in [3.63, 3.8) is 0 Å². The predicted octanol–water partition coefficient (Wildman–Crippen LogP) is 3.50. The van der Waals surface area contributed by atoms with Gasteiger partial charge >= 0.3 is 12.1 Å². The predicted molar refractivity (Wildman–Crippen MR) is 61.0 cm³/mol. The second kappa shape index (κ2) is 5.42. The van der Waals surface area contributed by atoms with Crippen LogP contribution in [0.3, 0.4) is 0 Å². The summed E-state index contributed by atoms with van der Waals surface area (Å²) in [5.41, 5.74) is -1.56. The molecule has 0 spiro atoms. The molecule has 0 amide bonds. The van der Waals surface area contributed by atoms with Crippen LogP contribution in [-0.4, -0.2) is 17.7 Å². The van der Waals surface area contributed by atoms with Gasteiger partial charge in [-0.05, 0) is 25.8 Å². The highest BCUT2D eigenvalue weighted by Gasteiger charge is 2.50. The summed E-state index contributed by atoms with van der Waals surface area (Å²) in [5, 5.41) is 0. The second-order valence-electron chi connectivity index (χ2n) is 4.47. The van der Waals surface area contributed by atoms with Crippen molar-refractivity contribution >= 4 is 5.97 Å². The van der Waals surface area contributed by atoms with Gasteiger partial charge < -0.3 is 4.74 Å². The van der Waals surface area contributed by atoms with E-state index in [0.29, 0.717) is 6.42 Å². The van der Waals surface area contributed by atoms with E-state index in [1.165, 1.54) is 0 Å². The summed E-state index contributed by atoms with van der Waals surface area (Å²) < 4.78 is 41.9. The number of carbonyl (C=O) groups excluding carboxylic acids is 1. The van der Waals surface area contributed by atoms with Crippen molar-refractivity contribution in [1.29, 1.82) is 0 Å². The first-order valence-electron chi connectivity index (χ1n) is 5.55. The molecule has 0 fully saturated rings. The van der Waals surface area contributed by atoms with E-state index in [-0.39, 0.29) is 6.42 Å². The summed E-state index contributed by atoms with van der Waals surface area (Å²) >= 11 is 0. The number of hydrogen-bond donors (Lipinski definition) is 0. The Kier molecular flexibility index (Phi) is 4.38. The summed E-state index contributed by atoms with van der Waals surface area (Å²) in [4.78, 5) is 11.4. The molecule has 0 aliphatic heterocycles. The Labute approximate surface area is 104 Å². The molecule has 2 nitrogen and oxygen atoms in total. The third-order valence-electron chi connectivity index (χ3n) is 2.51. The van der Waals surface area contributed by atoms with Gasteiger partial charge in [0.1, 0.15) is 0 Å². The quantitative estimate of drug-likeness (QED) is 0.774. The molecule has 0 unspecified atom stereocenters. The molecule has 0 aliphatic carbocycles. The third kappa shape index (κ3) is 4.05. The number of carbonyl (C=O) groups is 1. The minimum Gasteiger partial charge on any atom is -0.450 e. The third-order valence-corrected chi connectivity index (χ3v) is 2.51. The van der Waals surface area contributed by atoms with E-state index >= 15 is 0 Å². The van der Waals surface area contributed by atoms with Crippen molar-refractivity contribution in [2.24, 2.45) is 0 Å². The molecule has 0 saturated carbocycles. The van der Waals surface area contributed by atoms with Crippen LogP contribution >= 0.6 is 0 Å². The lowest BCUT2D eigenvalue weighted by molar-refractivity contribution is -0.257. The van der Waals surface area contributed by atoms with E-state index in [4.69, 9.17) is 0 Å². The van der Waals surface area contributed by atoms with Crippen LogP contribution < -0.4 is 0 Å². The number of hydrogen-bond acceptors (Lipinski definition) is 2. The Morgan fingerprint density at radius 2 is 1.72 bits per heavy atom. The Hall–Kier alpha value is -1.52. The summed E-state index contributed by atoms with van der Waals surface area (Å²) in [6.45, 7) is 1.68. The van der Waals surface area contributed by atoms with Crippen LogP contribution in [0.25, 0.3) is 0 Å². The number of halogens is 3. The summed E-state index contributed by atoms with van der Waals surface area (Å²) in [5.74, 6) is -0.846. The van der Waals surface area contributed by atoms with E-state index in [0.717, 1.165) is 19.4 Å². The smallest absolute Gasteiger partial charge is 0.427 e. The zero-order valence-corrected chi connectivity index (χ0v) is 10.3. The first kappa shape index (κ1) is 14.5. The normalized spacial score (nSPS) is 12.3. The number of ether oxygens (including phenoxy) is 1. The molecule has 5 heteroatoms. The Morgan fingerprint density at radius 3 is 2.22 bits per heavy atom. The van der Waals surface area contributed by atoms with Crippen molar-refractivity contribution < 1.29 is 22.7 Å². The highest BCUT2D eigenvalue weighted by atomic mass is 19.4. The average molecular weight is 260 g/mol. The van der Waals surface area contributed by atoms with Crippen LogP contribution in [-0.2, 0) is 16.0 Å². The minimum absolute atomic E-state index is 0.0659. The number of aryl methyl sites for hydroxylation is 1. The maximum Gasteiger partial charge on any atom is 0.427 e. The van der Waals surface area contributed by atoms with Crippen LogP contribution in [0.5, 0.6) is 0 Å². The fourth-order valence-electron chi connectivity index (χ4n) is 1.28. The van der Waals surface area contributed by atoms with Crippen LogP contribution in [0.1, 0.15) is 25.8 Å². The fourth-order valence-corrected chi connectivity index (χ4v) is 1.28. The summed E-state index contributed by atoms with van der Waals surface area (Å²) in [6, 6.07) is 9.06. The lowest BCUT2D eigenvalue weighted by Crippen LogP contribution is -2.43. The standard InChI is InChI=1S/C13H15F3O2/c1-12(2,13(14,15)16)18-11(17)9-8-10-6-4-3-5-7-10/h3-7H,8-9H2,1-2H3. The SMILES string of the molecule is CC(C)(OC(=O)CCc1ccccc1)C(F)(F)F. The van der Waals surface area contributed by atoms with E-state index in [1.807, 2.05) is 18.2 Å². The zero-order chi connectivity index (χ0) is 13.8. The van der Waals surface area contributed by atoms with Crippen molar-refractivity contribution in [2.45, 2.75) is 38.5 Å². The van der Waals surface area contributed by atoms with Crippen molar-refractivity contribution in [2.75, 3.05) is 0 Å². The Bertz CT molecular complexity index is 396. The summed E-state index contributed by atoms with van der Waals surface area (Å²) in [7, 11) is 0. The van der Waals surface area contributed by atoms with Gasteiger partial charge in [-0.3, -0.25) is 4.79 Å². The Balaban J connectivity index is 2.48. The van der Waals surface area contributed by atoms with E-state index in [9.17, 15) is 18.0 Å². The molecule has 100 valence electrons. The van der Waals surface area contributed by atoms with Gasteiger partial charge in [0.15, 0.2) is 0 Å². The second-order valence-corrected chi connectivity index (χ2v) is 4.47. The molecule has 0 aromatic heterocycles.